The third kappa shape index (κ3) is 7.17. The number of unbranched alkanes of at least 4 members (excludes halogenated alkanes) is 1. The van der Waals surface area contributed by atoms with Crippen molar-refractivity contribution in [1.82, 2.24) is 14.4 Å². The zero-order valence-corrected chi connectivity index (χ0v) is 23.5. The summed E-state index contributed by atoms with van der Waals surface area (Å²) >= 11 is 3.49. The Morgan fingerprint density at radius 1 is 1.03 bits per heavy atom. The number of rotatable bonds is 13. The first-order chi connectivity index (χ1) is 18.5. The number of aromatic nitrogens is 1. The molecule has 0 atom stereocenters. The molecule has 0 N–H and O–H groups in total. The Kier molecular flexibility index (Phi) is 9.84. The quantitative estimate of drug-likeness (QED) is 0.285. The third-order valence-corrected chi connectivity index (χ3v) is 7.00. The molecular weight excluding hydrogens is 550 g/mol. The molecule has 1 aromatic heterocycles. The zero-order valence-electron chi connectivity index (χ0n) is 21.9. The molecule has 8 nitrogen and oxygen atoms in total. The Balaban J connectivity index is 1.48. The van der Waals surface area contributed by atoms with E-state index < -0.39 is 0 Å². The Bertz CT molecular complexity index is 1230. The number of methoxy groups -OCH3 is 1. The lowest BCUT2D eigenvalue weighted by Crippen LogP contribution is -2.44. The van der Waals surface area contributed by atoms with Crippen LogP contribution in [0.4, 0.5) is 0 Å². The van der Waals surface area contributed by atoms with Gasteiger partial charge in [-0.25, -0.2) is 0 Å². The van der Waals surface area contributed by atoms with Gasteiger partial charge in [-0.1, -0.05) is 41.4 Å². The van der Waals surface area contributed by atoms with Gasteiger partial charge in [0.05, 0.1) is 13.2 Å². The summed E-state index contributed by atoms with van der Waals surface area (Å²) in [6.07, 6.45) is 3.88. The van der Waals surface area contributed by atoms with Gasteiger partial charge in [0, 0.05) is 48.7 Å². The molecule has 9 heteroatoms. The SMILES string of the molecule is CCCCN(Cc1cccn1Cc1ccc(Br)cc1)C(=O)CN(CCOC)C(=O)c1ccc2c(c1)OCO2. The van der Waals surface area contributed by atoms with Crippen LogP contribution in [0.5, 0.6) is 11.5 Å². The largest absolute Gasteiger partial charge is 0.454 e. The predicted octanol–water partition coefficient (Wildman–Crippen LogP) is 4.95. The van der Waals surface area contributed by atoms with Crippen LogP contribution in [0.3, 0.4) is 0 Å². The first-order valence-corrected chi connectivity index (χ1v) is 13.6. The molecule has 0 unspecified atom stereocenters. The highest BCUT2D eigenvalue weighted by Gasteiger charge is 2.25. The molecule has 0 fully saturated rings. The van der Waals surface area contributed by atoms with Crippen LogP contribution in [0.2, 0.25) is 0 Å². The molecule has 3 aromatic rings. The number of hydrogen-bond acceptors (Lipinski definition) is 5. The summed E-state index contributed by atoms with van der Waals surface area (Å²) in [6, 6.07) is 17.4. The smallest absolute Gasteiger partial charge is 0.254 e. The van der Waals surface area contributed by atoms with Crippen LogP contribution < -0.4 is 9.47 Å². The lowest BCUT2D eigenvalue weighted by molar-refractivity contribution is -0.132. The van der Waals surface area contributed by atoms with Gasteiger partial charge in [0.15, 0.2) is 11.5 Å². The normalized spacial score (nSPS) is 12.0. The van der Waals surface area contributed by atoms with Gasteiger partial charge < -0.3 is 28.6 Å². The average molecular weight is 585 g/mol. The van der Waals surface area contributed by atoms with Crippen LogP contribution >= 0.6 is 15.9 Å². The number of halogens is 1. The standard InChI is InChI=1S/C29H34BrN3O5/c1-3-4-13-32(19-25-6-5-14-31(25)18-22-7-10-24(30)11-8-22)28(34)20-33(15-16-36-2)29(35)23-9-12-26-27(17-23)38-21-37-26/h5-12,14,17H,3-4,13,15-16,18-21H2,1-2H3. The predicted molar refractivity (Wildman–Crippen MR) is 148 cm³/mol. The Hall–Kier alpha value is -3.30. The molecule has 4 rings (SSSR count). The molecule has 2 aromatic carbocycles. The molecule has 38 heavy (non-hydrogen) atoms. The van der Waals surface area contributed by atoms with Crippen molar-refractivity contribution in [3.63, 3.8) is 0 Å². The molecule has 0 saturated heterocycles. The fourth-order valence-corrected chi connectivity index (χ4v) is 4.56. The second kappa shape index (κ2) is 13.5. The van der Waals surface area contributed by atoms with Gasteiger partial charge in [-0.3, -0.25) is 9.59 Å². The number of carbonyl (C=O) groups is 2. The molecule has 202 valence electrons. The fraction of sp³-hybridized carbons (Fsp3) is 0.379. The molecule has 2 heterocycles. The number of hydrogen-bond donors (Lipinski definition) is 0. The fourth-order valence-electron chi connectivity index (χ4n) is 4.30. The van der Waals surface area contributed by atoms with Crippen molar-refractivity contribution in [2.75, 3.05) is 40.1 Å². The number of fused-ring (bicyclic) bond motifs is 1. The highest BCUT2D eigenvalue weighted by molar-refractivity contribution is 9.10. The van der Waals surface area contributed by atoms with Gasteiger partial charge in [-0.05, 0) is 54.4 Å². The molecule has 2 amide bonds. The summed E-state index contributed by atoms with van der Waals surface area (Å²) < 4.78 is 19.2. The molecule has 0 spiro atoms. The third-order valence-electron chi connectivity index (χ3n) is 6.48. The van der Waals surface area contributed by atoms with Crippen molar-refractivity contribution in [2.45, 2.75) is 32.9 Å². The van der Waals surface area contributed by atoms with Crippen LogP contribution in [0, 0.1) is 0 Å². The Labute approximate surface area is 232 Å². The van der Waals surface area contributed by atoms with E-state index in [9.17, 15) is 9.59 Å². The summed E-state index contributed by atoms with van der Waals surface area (Å²) in [5.41, 5.74) is 2.67. The van der Waals surface area contributed by atoms with E-state index in [1.165, 1.54) is 5.56 Å². The van der Waals surface area contributed by atoms with Crippen LogP contribution in [0.15, 0.2) is 65.3 Å². The number of benzene rings is 2. The second-order valence-corrected chi connectivity index (χ2v) is 10.1. The number of carbonyl (C=O) groups excluding carboxylic acids is 2. The first kappa shape index (κ1) is 27.7. The van der Waals surface area contributed by atoms with E-state index in [-0.39, 0.29) is 25.2 Å². The number of ether oxygens (including phenoxy) is 3. The molecular formula is C29H34BrN3O5. The van der Waals surface area contributed by atoms with Crippen molar-refractivity contribution in [3.05, 3.63) is 82.1 Å². The molecule has 0 radical (unpaired) electrons. The van der Waals surface area contributed by atoms with Gasteiger partial charge in [-0.2, -0.15) is 0 Å². The minimum Gasteiger partial charge on any atom is -0.454 e. The molecule has 0 saturated carbocycles. The zero-order chi connectivity index (χ0) is 26.9. The topological polar surface area (TPSA) is 73.2 Å². The molecule has 0 bridgehead atoms. The maximum absolute atomic E-state index is 13.6. The van der Waals surface area contributed by atoms with E-state index in [2.05, 4.69) is 39.6 Å². The maximum Gasteiger partial charge on any atom is 0.254 e. The van der Waals surface area contributed by atoms with E-state index in [0.717, 1.165) is 23.0 Å². The maximum atomic E-state index is 13.6. The molecule has 1 aliphatic heterocycles. The first-order valence-electron chi connectivity index (χ1n) is 12.8. The highest BCUT2D eigenvalue weighted by atomic mass is 79.9. The summed E-state index contributed by atoms with van der Waals surface area (Å²) in [4.78, 5) is 30.4. The van der Waals surface area contributed by atoms with Crippen LogP contribution in [0.1, 0.15) is 41.4 Å². The van der Waals surface area contributed by atoms with Crippen molar-refractivity contribution >= 4 is 27.7 Å². The second-order valence-electron chi connectivity index (χ2n) is 9.21. The van der Waals surface area contributed by atoms with Gasteiger partial charge in [0.1, 0.15) is 6.54 Å². The minimum absolute atomic E-state index is 0.0340. The van der Waals surface area contributed by atoms with Crippen molar-refractivity contribution < 1.29 is 23.8 Å². The van der Waals surface area contributed by atoms with Gasteiger partial charge in [0.2, 0.25) is 12.7 Å². The molecule has 0 aliphatic carbocycles. The van der Waals surface area contributed by atoms with Gasteiger partial charge in [0.25, 0.3) is 5.91 Å². The Morgan fingerprint density at radius 2 is 1.82 bits per heavy atom. The van der Waals surface area contributed by atoms with E-state index in [1.54, 1.807) is 30.2 Å². The minimum atomic E-state index is -0.247. The van der Waals surface area contributed by atoms with Crippen LogP contribution in [0.25, 0.3) is 0 Å². The van der Waals surface area contributed by atoms with E-state index in [4.69, 9.17) is 14.2 Å². The number of nitrogens with zero attached hydrogens (tertiary/aromatic N) is 3. The summed E-state index contributed by atoms with van der Waals surface area (Å²) in [7, 11) is 1.58. The molecule has 1 aliphatic rings. The van der Waals surface area contributed by atoms with E-state index >= 15 is 0 Å². The van der Waals surface area contributed by atoms with Crippen molar-refractivity contribution in [3.8, 4) is 11.5 Å². The van der Waals surface area contributed by atoms with Crippen molar-refractivity contribution in [2.24, 2.45) is 0 Å². The summed E-state index contributed by atoms with van der Waals surface area (Å²) in [5.74, 6) is 0.797. The summed E-state index contributed by atoms with van der Waals surface area (Å²) in [5, 5.41) is 0. The Morgan fingerprint density at radius 3 is 2.58 bits per heavy atom. The van der Waals surface area contributed by atoms with Gasteiger partial charge >= 0.3 is 0 Å². The summed E-state index contributed by atoms with van der Waals surface area (Å²) in [6.45, 7) is 4.64. The van der Waals surface area contributed by atoms with E-state index in [0.29, 0.717) is 49.8 Å². The highest BCUT2D eigenvalue weighted by Crippen LogP contribution is 2.32. The van der Waals surface area contributed by atoms with Crippen LogP contribution in [-0.2, 0) is 22.6 Å². The monoisotopic (exact) mass is 583 g/mol. The van der Waals surface area contributed by atoms with E-state index in [1.807, 2.05) is 35.4 Å². The van der Waals surface area contributed by atoms with Crippen LogP contribution in [-0.4, -0.2) is 66.3 Å². The average Bonchev–Trinajstić information content (AvgIpc) is 3.58. The lowest BCUT2D eigenvalue weighted by Gasteiger charge is -2.28. The lowest BCUT2D eigenvalue weighted by atomic mass is 10.1. The number of amides is 2. The van der Waals surface area contributed by atoms with Crippen molar-refractivity contribution in [1.29, 1.82) is 0 Å². The van der Waals surface area contributed by atoms with Gasteiger partial charge in [-0.15, -0.1) is 0 Å².